The summed E-state index contributed by atoms with van der Waals surface area (Å²) in [5.41, 5.74) is 2.52. The third-order valence-corrected chi connectivity index (χ3v) is 4.06. The summed E-state index contributed by atoms with van der Waals surface area (Å²) < 4.78 is 1.90. The number of halogens is 1. The van der Waals surface area contributed by atoms with Gasteiger partial charge >= 0.3 is 0 Å². The topological polar surface area (TPSA) is 29.9 Å². The fourth-order valence-corrected chi connectivity index (χ4v) is 3.17. The molecule has 1 aromatic heterocycles. The number of rotatable bonds is 2. The van der Waals surface area contributed by atoms with E-state index in [0.29, 0.717) is 11.2 Å². The number of hydrogen-bond acceptors (Lipinski definition) is 2. The zero-order valence-corrected chi connectivity index (χ0v) is 11.4. The number of fused-ring (bicyclic) bond motifs is 1. The van der Waals surface area contributed by atoms with Crippen molar-refractivity contribution in [3.63, 3.8) is 0 Å². The highest BCUT2D eigenvalue weighted by Gasteiger charge is 2.16. The first-order valence-corrected chi connectivity index (χ1v) is 6.97. The fraction of sp³-hybridized carbons (Fsp3) is 0.500. The van der Waals surface area contributed by atoms with Gasteiger partial charge in [-0.15, -0.1) is 0 Å². The lowest BCUT2D eigenvalue weighted by Crippen LogP contribution is -2.35. The van der Waals surface area contributed by atoms with E-state index in [1.165, 1.54) is 30.3 Å². The van der Waals surface area contributed by atoms with Gasteiger partial charge in [0, 0.05) is 18.5 Å². The smallest absolute Gasteiger partial charge is 0.158 e. The SMILES string of the molecule is Cn1nc(Cl)c2cccc(CC3CCCCN3)c21. The maximum atomic E-state index is 6.15. The van der Waals surface area contributed by atoms with Crippen LogP contribution in [0.15, 0.2) is 18.2 Å². The quantitative estimate of drug-likeness (QED) is 0.903. The molecule has 3 rings (SSSR count). The second kappa shape index (κ2) is 4.90. The molecular weight excluding hydrogens is 246 g/mol. The van der Waals surface area contributed by atoms with Gasteiger partial charge in [0.25, 0.3) is 0 Å². The molecule has 1 saturated heterocycles. The van der Waals surface area contributed by atoms with Gasteiger partial charge in [-0.1, -0.05) is 30.2 Å². The first kappa shape index (κ1) is 12.0. The second-order valence-corrected chi connectivity index (χ2v) is 5.44. The van der Waals surface area contributed by atoms with Crippen LogP contribution in [0.5, 0.6) is 0 Å². The predicted molar refractivity (Wildman–Crippen MR) is 75.1 cm³/mol. The molecule has 1 fully saturated rings. The van der Waals surface area contributed by atoms with E-state index in [1.54, 1.807) is 0 Å². The molecule has 2 aromatic rings. The monoisotopic (exact) mass is 263 g/mol. The number of aryl methyl sites for hydroxylation is 1. The number of nitrogens with zero attached hydrogens (tertiary/aromatic N) is 2. The predicted octanol–water partition coefficient (Wildman–Crippen LogP) is 2.91. The maximum absolute atomic E-state index is 6.15. The minimum atomic E-state index is 0.595. The highest BCUT2D eigenvalue weighted by atomic mass is 35.5. The number of piperidine rings is 1. The second-order valence-electron chi connectivity index (χ2n) is 5.08. The van der Waals surface area contributed by atoms with E-state index in [1.807, 2.05) is 17.8 Å². The third kappa shape index (κ3) is 2.13. The van der Waals surface area contributed by atoms with Crippen molar-refractivity contribution in [3.8, 4) is 0 Å². The molecular formula is C14H18ClN3. The lowest BCUT2D eigenvalue weighted by atomic mass is 9.96. The van der Waals surface area contributed by atoms with Crippen molar-refractivity contribution < 1.29 is 0 Å². The number of nitrogens with one attached hydrogen (secondary N) is 1. The van der Waals surface area contributed by atoms with Crippen LogP contribution in [-0.2, 0) is 13.5 Å². The molecule has 0 amide bonds. The molecule has 1 aliphatic heterocycles. The van der Waals surface area contributed by atoms with Gasteiger partial charge in [0.15, 0.2) is 5.15 Å². The van der Waals surface area contributed by atoms with Crippen LogP contribution < -0.4 is 5.32 Å². The summed E-state index contributed by atoms with van der Waals surface area (Å²) in [6.45, 7) is 1.15. The Morgan fingerprint density at radius 3 is 3.11 bits per heavy atom. The van der Waals surface area contributed by atoms with Crippen LogP contribution in [-0.4, -0.2) is 22.4 Å². The van der Waals surface area contributed by atoms with Crippen molar-refractivity contribution in [1.82, 2.24) is 15.1 Å². The lowest BCUT2D eigenvalue weighted by molar-refractivity contribution is 0.400. The van der Waals surface area contributed by atoms with Gasteiger partial charge in [0.2, 0.25) is 0 Å². The summed E-state index contributed by atoms with van der Waals surface area (Å²) >= 11 is 6.15. The van der Waals surface area contributed by atoms with E-state index >= 15 is 0 Å². The molecule has 0 bridgehead atoms. The van der Waals surface area contributed by atoms with Gasteiger partial charge in [0.05, 0.1) is 5.52 Å². The van der Waals surface area contributed by atoms with Crippen molar-refractivity contribution in [1.29, 1.82) is 0 Å². The average Bonchev–Trinajstić information content (AvgIpc) is 2.67. The minimum absolute atomic E-state index is 0.595. The van der Waals surface area contributed by atoms with Gasteiger partial charge in [-0.25, -0.2) is 0 Å². The van der Waals surface area contributed by atoms with Crippen LogP contribution in [0.25, 0.3) is 10.9 Å². The van der Waals surface area contributed by atoms with Gasteiger partial charge in [0.1, 0.15) is 0 Å². The van der Waals surface area contributed by atoms with Gasteiger partial charge < -0.3 is 5.32 Å². The van der Waals surface area contributed by atoms with Crippen LogP contribution in [0.1, 0.15) is 24.8 Å². The number of para-hydroxylation sites is 1. The normalized spacial score (nSPS) is 20.4. The molecule has 0 saturated carbocycles. The largest absolute Gasteiger partial charge is 0.314 e. The summed E-state index contributed by atoms with van der Waals surface area (Å²) in [6, 6.07) is 6.91. The Hall–Kier alpha value is -1.06. The summed E-state index contributed by atoms with van der Waals surface area (Å²) in [5, 5.41) is 9.57. The zero-order chi connectivity index (χ0) is 12.5. The molecule has 3 nitrogen and oxygen atoms in total. The molecule has 1 aliphatic rings. The molecule has 1 N–H and O–H groups in total. The minimum Gasteiger partial charge on any atom is -0.314 e. The molecule has 1 unspecified atom stereocenters. The average molecular weight is 264 g/mol. The first-order valence-electron chi connectivity index (χ1n) is 6.59. The number of benzene rings is 1. The van der Waals surface area contributed by atoms with Gasteiger partial charge in [-0.2, -0.15) is 5.10 Å². The Labute approximate surface area is 112 Å². The molecule has 4 heteroatoms. The Bertz CT molecular complexity index is 555. The molecule has 0 spiro atoms. The van der Waals surface area contributed by atoms with Crippen molar-refractivity contribution in [2.45, 2.75) is 31.7 Å². The highest BCUT2D eigenvalue weighted by Crippen LogP contribution is 2.26. The van der Waals surface area contributed by atoms with E-state index in [4.69, 9.17) is 11.6 Å². The van der Waals surface area contributed by atoms with Crippen LogP contribution >= 0.6 is 11.6 Å². The van der Waals surface area contributed by atoms with Crippen molar-refractivity contribution >= 4 is 22.5 Å². The lowest BCUT2D eigenvalue weighted by Gasteiger charge is -2.23. The maximum Gasteiger partial charge on any atom is 0.158 e. The summed E-state index contributed by atoms with van der Waals surface area (Å²) in [5.74, 6) is 0. The highest BCUT2D eigenvalue weighted by molar-refractivity contribution is 6.34. The molecule has 1 atom stereocenters. The standard InChI is InChI=1S/C14H18ClN3/c1-18-13-10(9-11-6-2-3-8-16-11)5-4-7-12(13)14(15)17-18/h4-5,7,11,16H,2-3,6,8-9H2,1H3. The van der Waals surface area contributed by atoms with Gasteiger partial charge in [-0.05, 0) is 37.4 Å². The summed E-state index contributed by atoms with van der Waals surface area (Å²) in [4.78, 5) is 0. The Balaban J connectivity index is 1.95. The molecule has 0 radical (unpaired) electrons. The summed E-state index contributed by atoms with van der Waals surface area (Å²) in [7, 11) is 1.96. The van der Waals surface area contributed by atoms with E-state index in [0.717, 1.165) is 18.4 Å². The number of hydrogen-bond donors (Lipinski definition) is 1. The Morgan fingerprint density at radius 2 is 2.33 bits per heavy atom. The summed E-state index contributed by atoms with van der Waals surface area (Å²) in [6.07, 6.45) is 4.97. The molecule has 1 aromatic carbocycles. The molecule has 96 valence electrons. The first-order chi connectivity index (χ1) is 8.75. The van der Waals surface area contributed by atoms with E-state index < -0.39 is 0 Å². The third-order valence-electron chi connectivity index (χ3n) is 3.78. The zero-order valence-electron chi connectivity index (χ0n) is 10.6. The Morgan fingerprint density at radius 1 is 1.44 bits per heavy atom. The molecule has 2 heterocycles. The van der Waals surface area contributed by atoms with Crippen molar-refractivity contribution in [2.75, 3.05) is 6.54 Å². The van der Waals surface area contributed by atoms with Crippen molar-refractivity contribution in [2.24, 2.45) is 7.05 Å². The fourth-order valence-electron chi connectivity index (χ4n) is 2.90. The van der Waals surface area contributed by atoms with E-state index in [2.05, 4.69) is 22.5 Å². The van der Waals surface area contributed by atoms with Crippen LogP contribution in [0.3, 0.4) is 0 Å². The van der Waals surface area contributed by atoms with Crippen LogP contribution in [0, 0.1) is 0 Å². The molecule has 18 heavy (non-hydrogen) atoms. The van der Waals surface area contributed by atoms with Crippen LogP contribution in [0.2, 0.25) is 5.15 Å². The van der Waals surface area contributed by atoms with Gasteiger partial charge in [-0.3, -0.25) is 4.68 Å². The molecule has 0 aliphatic carbocycles. The van der Waals surface area contributed by atoms with E-state index in [9.17, 15) is 0 Å². The van der Waals surface area contributed by atoms with Crippen LogP contribution in [0.4, 0.5) is 0 Å². The Kier molecular flexibility index (Phi) is 3.27. The number of aromatic nitrogens is 2. The van der Waals surface area contributed by atoms with Crippen molar-refractivity contribution in [3.05, 3.63) is 28.9 Å². The van der Waals surface area contributed by atoms with E-state index in [-0.39, 0.29) is 0 Å².